The van der Waals surface area contributed by atoms with Crippen molar-refractivity contribution in [3.63, 3.8) is 0 Å². The Bertz CT molecular complexity index is 3260. The van der Waals surface area contributed by atoms with Crippen LogP contribution >= 0.6 is 0 Å². The molecule has 0 heteroatoms. The minimum absolute atomic E-state index is 1.18. The molecule has 11 aromatic carbocycles. The van der Waals surface area contributed by atoms with E-state index in [4.69, 9.17) is 0 Å². The molecule has 58 heavy (non-hydrogen) atoms. The second-order valence-electron chi connectivity index (χ2n) is 15.2. The predicted octanol–water partition coefficient (Wildman–Crippen LogP) is 16.3. The number of rotatable bonds is 6. The molecule has 0 N–H and O–H groups in total. The molecule has 0 aliphatic heterocycles. The summed E-state index contributed by atoms with van der Waals surface area (Å²) in [4.78, 5) is 0. The predicted molar refractivity (Wildman–Crippen MR) is 251 cm³/mol. The van der Waals surface area contributed by atoms with Crippen LogP contribution in [0.2, 0.25) is 0 Å². The van der Waals surface area contributed by atoms with Gasteiger partial charge in [0.2, 0.25) is 0 Å². The quantitative estimate of drug-likeness (QED) is 0.118. The third-order valence-electron chi connectivity index (χ3n) is 11.8. The minimum atomic E-state index is 1.18. The highest BCUT2D eigenvalue weighted by Gasteiger charge is 2.19. The van der Waals surface area contributed by atoms with Crippen molar-refractivity contribution in [1.82, 2.24) is 0 Å². The Hall–Kier alpha value is -7.54. The van der Waals surface area contributed by atoms with Crippen molar-refractivity contribution < 1.29 is 0 Å². The van der Waals surface area contributed by atoms with Crippen LogP contribution in [0.4, 0.5) is 0 Å². The lowest BCUT2D eigenvalue weighted by Crippen LogP contribution is -1.92. The first-order valence-corrected chi connectivity index (χ1v) is 20.1. The van der Waals surface area contributed by atoms with E-state index >= 15 is 0 Å². The summed E-state index contributed by atoms with van der Waals surface area (Å²) < 4.78 is 0. The van der Waals surface area contributed by atoms with Gasteiger partial charge in [-0.2, -0.15) is 0 Å². The zero-order valence-electron chi connectivity index (χ0n) is 31.9. The standard InChI is InChI=1S/C58H38/c1-3-16-39(17-4-1)30-31-40-18-15-21-44(36-40)56-51-26-11-13-28-53(51)58(54-29-14-12-27-52(54)56)46-35-33-42-37-45(34-32-43(42)38-46)57-49-24-9-7-22-47(49)55(41-19-5-2-6-20-41)48-23-8-10-25-50(48)57/h1-38H/b31-30+. The van der Waals surface area contributed by atoms with Gasteiger partial charge in [-0.25, -0.2) is 0 Å². The molecule has 0 aliphatic carbocycles. The van der Waals surface area contributed by atoms with E-state index in [0.29, 0.717) is 0 Å². The third-order valence-corrected chi connectivity index (χ3v) is 11.8. The van der Waals surface area contributed by atoms with Crippen molar-refractivity contribution in [2.45, 2.75) is 0 Å². The molecule has 0 bridgehead atoms. The molecule has 0 atom stereocenters. The average Bonchev–Trinajstić information content (AvgIpc) is 3.29. The molecule has 0 heterocycles. The van der Waals surface area contributed by atoms with E-state index in [9.17, 15) is 0 Å². The SMILES string of the molecule is C(=C\c1cccc(-c2c3ccccc3c(-c3ccc4cc(-c5c6ccccc6c(-c6ccccc6)c6ccccc56)ccc4c3)c3ccccc23)c1)/c1ccccc1. The number of hydrogen-bond acceptors (Lipinski definition) is 0. The van der Waals surface area contributed by atoms with Gasteiger partial charge in [0.1, 0.15) is 0 Å². The average molecular weight is 735 g/mol. The normalized spacial score (nSPS) is 11.7. The van der Waals surface area contributed by atoms with Gasteiger partial charge in [0, 0.05) is 0 Å². The highest BCUT2D eigenvalue weighted by molar-refractivity contribution is 6.23. The summed E-state index contributed by atoms with van der Waals surface area (Å²) in [5, 5.41) is 12.6. The first-order chi connectivity index (χ1) is 28.8. The van der Waals surface area contributed by atoms with Crippen LogP contribution < -0.4 is 0 Å². The first kappa shape index (κ1) is 33.8. The maximum atomic E-state index is 2.39. The van der Waals surface area contributed by atoms with Gasteiger partial charge in [0.15, 0.2) is 0 Å². The number of benzene rings is 11. The summed E-state index contributed by atoms with van der Waals surface area (Å²) in [6.07, 6.45) is 4.40. The monoisotopic (exact) mass is 734 g/mol. The molecule has 0 amide bonds. The summed E-state index contributed by atoms with van der Waals surface area (Å²) in [6, 6.07) is 80.0. The summed E-state index contributed by atoms with van der Waals surface area (Å²) >= 11 is 0. The largest absolute Gasteiger partial charge is 0.0622 e. The molecule has 0 fully saturated rings. The maximum Gasteiger partial charge on any atom is -0.00262 e. The smallest absolute Gasteiger partial charge is 0.00262 e. The van der Waals surface area contributed by atoms with Crippen LogP contribution in [0.3, 0.4) is 0 Å². The van der Waals surface area contributed by atoms with E-state index in [1.165, 1.54) is 109 Å². The minimum Gasteiger partial charge on any atom is -0.0622 e. The molecular formula is C58H38. The van der Waals surface area contributed by atoms with E-state index in [1.54, 1.807) is 0 Å². The Morgan fingerprint density at radius 1 is 0.207 bits per heavy atom. The van der Waals surface area contributed by atoms with Gasteiger partial charge in [-0.15, -0.1) is 0 Å². The molecule has 11 rings (SSSR count). The number of hydrogen-bond donors (Lipinski definition) is 0. The van der Waals surface area contributed by atoms with Gasteiger partial charge in [0.25, 0.3) is 0 Å². The highest BCUT2D eigenvalue weighted by Crippen LogP contribution is 2.46. The van der Waals surface area contributed by atoms with Crippen LogP contribution in [0.1, 0.15) is 11.1 Å². The second-order valence-corrected chi connectivity index (χ2v) is 15.2. The fourth-order valence-corrected chi connectivity index (χ4v) is 9.22. The van der Waals surface area contributed by atoms with Crippen molar-refractivity contribution in [2.75, 3.05) is 0 Å². The lowest BCUT2D eigenvalue weighted by atomic mass is 9.84. The van der Waals surface area contributed by atoms with Crippen molar-refractivity contribution in [2.24, 2.45) is 0 Å². The molecule has 0 aromatic heterocycles. The molecule has 0 spiro atoms. The van der Waals surface area contributed by atoms with Gasteiger partial charge in [-0.05, 0) is 128 Å². The van der Waals surface area contributed by atoms with Crippen LogP contribution in [-0.4, -0.2) is 0 Å². The van der Waals surface area contributed by atoms with E-state index in [2.05, 4.69) is 231 Å². The number of fused-ring (bicyclic) bond motifs is 5. The maximum absolute atomic E-state index is 2.39. The Morgan fingerprint density at radius 3 is 0.948 bits per heavy atom. The Kier molecular flexibility index (Phi) is 8.26. The van der Waals surface area contributed by atoms with Gasteiger partial charge >= 0.3 is 0 Å². The fraction of sp³-hybridized carbons (Fsp3) is 0. The van der Waals surface area contributed by atoms with Crippen LogP contribution in [0.5, 0.6) is 0 Å². The Morgan fingerprint density at radius 2 is 0.517 bits per heavy atom. The molecule has 270 valence electrons. The summed E-state index contributed by atoms with van der Waals surface area (Å²) in [6.45, 7) is 0. The van der Waals surface area contributed by atoms with Crippen LogP contribution in [0.15, 0.2) is 218 Å². The topological polar surface area (TPSA) is 0 Å². The molecule has 0 radical (unpaired) electrons. The summed E-state index contributed by atoms with van der Waals surface area (Å²) in [7, 11) is 0. The van der Waals surface area contributed by atoms with E-state index in [1.807, 2.05) is 0 Å². The molecule has 0 unspecified atom stereocenters. The molecule has 11 aromatic rings. The summed E-state index contributed by atoms with van der Waals surface area (Å²) in [5.74, 6) is 0. The van der Waals surface area contributed by atoms with Gasteiger partial charge < -0.3 is 0 Å². The molecule has 0 aliphatic rings. The van der Waals surface area contributed by atoms with Crippen LogP contribution in [0, 0.1) is 0 Å². The summed E-state index contributed by atoms with van der Waals surface area (Å²) in [5.41, 5.74) is 12.4. The third kappa shape index (κ3) is 5.78. The van der Waals surface area contributed by atoms with E-state index < -0.39 is 0 Å². The molecule has 0 saturated carbocycles. The Labute approximate surface area is 338 Å². The van der Waals surface area contributed by atoms with E-state index in [-0.39, 0.29) is 0 Å². The van der Waals surface area contributed by atoms with Gasteiger partial charge in [0.05, 0.1) is 0 Å². The fourth-order valence-electron chi connectivity index (χ4n) is 9.22. The van der Waals surface area contributed by atoms with Crippen molar-refractivity contribution >= 4 is 66.0 Å². The van der Waals surface area contributed by atoms with E-state index in [0.717, 1.165) is 0 Å². The second kappa shape index (κ2) is 14.2. The zero-order chi connectivity index (χ0) is 38.4. The van der Waals surface area contributed by atoms with Crippen molar-refractivity contribution in [3.05, 3.63) is 230 Å². The van der Waals surface area contributed by atoms with Crippen molar-refractivity contribution in [3.8, 4) is 44.5 Å². The lowest BCUT2D eigenvalue weighted by Gasteiger charge is -2.19. The van der Waals surface area contributed by atoms with Crippen LogP contribution in [0.25, 0.3) is 111 Å². The highest BCUT2D eigenvalue weighted by atomic mass is 14.2. The van der Waals surface area contributed by atoms with Gasteiger partial charge in [-0.3, -0.25) is 0 Å². The van der Waals surface area contributed by atoms with Crippen LogP contribution in [-0.2, 0) is 0 Å². The van der Waals surface area contributed by atoms with Gasteiger partial charge in [-0.1, -0.05) is 212 Å². The molecule has 0 saturated heterocycles. The molecule has 0 nitrogen and oxygen atoms in total. The zero-order valence-corrected chi connectivity index (χ0v) is 31.9. The lowest BCUT2D eigenvalue weighted by molar-refractivity contribution is 1.63. The van der Waals surface area contributed by atoms with Crippen molar-refractivity contribution in [1.29, 1.82) is 0 Å². The molecular weight excluding hydrogens is 697 g/mol. The Balaban J connectivity index is 1.06. The first-order valence-electron chi connectivity index (χ1n) is 20.1.